The maximum absolute atomic E-state index is 12.7. The van der Waals surface area contributed by atoms with Gasteiger partial charge in [-0.05, 0) is 35.7 Å². The van der Waals surface area contributed by atoms with Crippen LogP contribution in [-0.2, 0) is 16.1 Å². The van der Waals surface area contributed by atoms with Gasteiger partial charge in [0, 0.05) is 6.54 Å². The average Bonchev–Trinajstić information content (AvgIpc) is 2.75. The third kappa shape index (κ3) is 5.19. The van der Waals surface area contributed by atoms with Gasteiger partial charge < -0.3 is 24.8 Å². The molecule has 1 heterocycles. The summed E-state index contributed by atoms with van der Waals surface area (Å²) in [6, 6.07) is 13.9. The Bertz CT molecular complexity index is 851. The maximum Gasteiger partial charge on any atom is 0.265 e. The van der Waals surface area contributed by atoms with Gasteiger partial charge in [0.1, 0.15) is 18.4 Å². The molecule has 0 saturated carbocycles. The number of hydrogen-bond donors (Lipinski definition) is 2. The summed E-state index contributed by atoms with van der Waals surface area (Å²) in [6.45, 7) is 4.22. The molecule has 3 rings (SSSR count). The highest BCUT2D eigenvalue weighted by atomic mass is 16.6. The first-order valence-electron chi connectivity index (χ1n) is 9.57. The van der Waals surface area contributed by atoms with Gasteiger partial charge in [0.15, 0.2) is 11.5 Å². The van der Waals surface area contributed by atoms with Crippen LogP contribution in [0.3, 0.4) is 0 Å². The van der Waals surface area contributed by atoms with Crippen LogP contribution in [0.5, 0.6) is 17.2 Å². The molecule has 2 aromatic rings. The number of nitrogens with one attached hydrogen (secondary N) is 2. The summed E-state index contributed by atoms with van der Waals surface area (Å²) < 4.78 is 16.4. The SMILES string of the molecule is COc1ccc(CNC(=O)[C@H](NC(=O)C2COc3ccccc3O2)C(C)C)cc1. The van der Waals surface area contributed by atoms with E-state index in [0.717, 1.165) is 11.3 Å². The van der Waals surface area contributed by atoms with Crippen molar-refractivity contribution in [3.63, 3.8) is 0 Å². The third-order valence-corrected chi connectivity index (χ3v) is 4.67. The second-order valence-electron chi connectivity index (χ2n) is 7.16. The minimum Gasteiger partial charge on any atom is -0.497 e. The van der Waals surface area contributed by atoms with Gasteiger partial charge in [-0.25, -0.2) is 0 Å². The topological polar surface area (TPSA) is 85.9 Å². The molecule has 0 aromatic heterocycles. The lowest BCUT2D eigenvalue weighted by molar-refractivity contribution is -0.135. The zero-order chi connectivity index (χ0) is 20.8. The highest BCUT2D eigenvalue weighted by molar-refractivity contribution is 5.90. The zero-order valence-electron chi connectivity index (χ0n) is 16.8. The summed E-state index contributed by atoms with van der Waals surface area (Å²) in [5.74, 6) is 1.16. The summed E-state index contributed by atoms with van der Waals surface area (Å²) >= 11 is 0. The Morgan fingerprint density at radius 3 is 2.45 bits per heavy atom. The van der Waals surface area contributed by atoms with Gasteiger partial charge in [-0.2, -0.15) is 0 Å². The first-order valence-corrected chi connectivity index (χ1v) is 9.57. The summed E-state index contributed by atoms with van der Waals surface area (Å²) in [5.41, 5.74) is 0.939. The molecule has 1 aliphatic rings. The van der Waals surface area contributed by atoms with E-state index in [1.165, 1.54) is 0 Å². The molecule has 0 spiro atoms. The standard InChI is InChI=1S/C22H26N2O5/c1-14(2)20(22(26)23-12-15-8-10-16(27-3)11-9-15)24-21(25)19-13-28-17-6-4-5-7-18(17)29-19/h4-11,14,19-20H,12-13H2,1-3H3,(H,23,26)(H,24,25)/t19?,20-/m1/s1. The van der Waals surface area contributed by atoms with E-state index in [0.29, 0.717) is 18.0 Å². The highest BCUT2D eigenvalue weighted by Gasteiger charge is 2.31. The predicted octanol–water partition coefficient (Wildman–Crippen LogP) is 2.29. The number of amides is 2. The number of hydrogen-bond acceptors (Lipinski definition) is 5. The molecule has 154 valence electrons. The van der Waals surface area contributed by atoms with Crippen molar-refractivity contribution in [1.29, 1.82) is 0 Å². The summed E-state index contributed by atoms with van der Waals surface area (Å²) in [5, 5.41) is 5.67. The number of methoxy groups -OCH3 is 1. The lowest BCUT2D eigenvalue weighted by Crippen LogP contribution is -2.54. The van der Waals surface area contributed by atoms with Crippen molar-refractivity contribution >= 4 is 11.8 Å². The Kier molecular flexibility index (Phi) is 6.59. The zero-order valence-corrected chi connectivity index (χ0v) is 16.8. The van der Waals surface area contributed by atoms with E-state index in [9.17, 15) is 9.59 Å². The fourth-order valence-corrected chi connectivity index (χ4v) is 2.97. The Hall–Kier alpha value is -3.22. The molecular weight excluding hydrogens is 372 g/mol. The van der Waals surface area contributed by atoms with Crippen molar-refractivity contribution in [2.45, 2.75) is 32.5 Å². The van der Waals surface area contributed by atoms with Gasteiger partial charge in [0.2, 0.25) is 12.0 Å². The van der Waals surface area contributed by atoms with E-state index < -0.39 is 12.1 Å². The first kappa shape index (κ1) is 20.5. The Morgan fingerprint density at radius 1 is 1.10 bits per heavy atom. The lowest BCUT2D eigenvalue weighted by atomic mass is 10.0. The molecule has 2 atom stereocenters. The molecule has 0 bridgehead atoms. The quantitative estimate of drug-likeness (QED) is 0.747. The van der Waals surface area contributed by atoms with Gasteiger partial charge in [-0.1, -0.05) is 38.1 Å². The molecule has 2 aromatic carbocycles. The van der Waals surface area contributed by atoms with Crippen LogP contribution in [0.1, 0.15) is 19.4 Å². The minimum atomic E-state index is -0.805. The molecule has 1 aliphatic heterocycles. The van der Waals surface area contributed by atoms with Crippen LogP contribution in [-0.4, -0.2) is 37.7 Å². The predicted molar refractivity (Wildman–Crippen MR) is 108 cm³/mol. The molecule has 0 radical (unpaired) electrons. The van der Waals surface area contributed by atoms with E-state index in [1.54, 1.807) is 19.2 Å². The molecular formula is C22H26N2O5. The maximum atomic E-state index is 12.7. The summed E-state index contributed by atoms with van der Waals surface area (Å²) in [7, 11) is 1.60. The molecule has 2 amide bonds. The smallest absolute Gasteiger partial charge is 0.265 e. The van der Waals surface area contributed by atoms with Gasteiger partial charge in [-0.15, -0.1) is 0 Å². The van der Waals surface area contributed by atoms with Crippen LogP contribution in [0.15, 0.2) is 48.5 Å². The van der Waals surface area contributed by atoms with Gasteiger partial charge in [-0.3, -0.25) is 9.59 Å². The second kappa shape index (κ2) is 9.32. The molecule has 1 unspecified atom stereocenters. The normalized spacial score (nSPS) is 16.1. The Labute approximate surface area is 170 Å². The summed E-state index contributed by atoms with van der Waals surface area (Å²) in [6.07, 6.45) is -0.805. The fraction of sp³-hybridized carbons (Fsp3) is 0.364. The van der Waals surface area contributed by atoms with Crippen LogP contribution in [0.2, 0.25) is 0 Å². The fourth-order valence-electron chi connectivity index (χ4n) is 2.97. The van der Waals surface area contributed by atoms with E-state index >= 15 is 0 Å². The van der Waals surface area contributed by atoms with Crippen molar-refractivity contribution in [2.24, 2.45) is 5.92 Å². The highest BCUT2D eigenvalue weighted by Crippen LogP contribution is 2.30. The molecule has 2 N–H and O–H groups in total. The van der Waals surface area contributed by atoms with Crippen molar-refractivity contribution < 1.29 is 23.8 Å². The Balaban J connectivity index is 1.57. The van der Waals surface area contributed by atoms with Gasteiger partial charge in [0.05, 0.1) is 7.11 Å². The molecule has 0 saturated heterocycles. The number of rotatable bonds is 7. The number of fused-ring (bicyclic) bond motifs is 1. The van der Waals surface area contributed by atoms with E-state index in [4.69, 9.17) is 14.2 Å². The van der Waals surface area contributed by atoms with Gasteiger partial charge in [0.25, 0.3) is 5.91 Å². The number of carbonyl (C=O) groups excluding carboxylic acids is 2. The van der Waals surface area contributed by atoms with Crippen LogP contribution in [0.4, 0.5) is 0 Å². The first-order chi connectivity index (χ1) is 14.0. The largest absolute Gasteiger partial charge is 0.497 e. The van der Waals surface area contributed by atoms with Crippen LogP contribution >= 0.6 is 0 Å². The third-order valence-electron chi connectivity index (χ3n) is 4.67. The Morgan fingerprint density at radius 2 is 1.79 bits per heavy atom. The lowest BCUT2D eigenvalue weighted by Gasteiger charge is -2.28. The van der Waals surface area contributed by atoms with Gasteiger partial charge >= 0.3 is 0 Å². The number of ether oxygens (including phenoxy) is 3. The van der Waals surface area contributed by atoms with Crippen molar-refractivity contribution in [3.8, 4) is 17.2 Å². The van der Waals surface area contributed by atoms with Crippen molar-refractivity contribution in [2.75, 3.05) is 13.7 Å². The van der Waals surface area contributed by atoms with Crippen LogP contribution in [0.25, 0.3) is 0 Å². The van der Waals surface area contributed by atoms with E-state index in [-0.39, 0.29) is 24.3 Å². The van der Waals surface area contributed by atoms with Crippen LogP contribution in [0, 0.1) is 5.92 Å². The molecule has 0 fully saturated rings. The second-order valence-corrected chi connectivity index (χ2v) is 7.16. The average molecular weight is 398 g/mol. The number of carbonyl (C=O) groups is 2. The monoisotopic (exact) mass is 398 g/mol. The summed E-state index contributed by atoms with van der Waals surface area (Å²) in [4.78, 5) is 25.3. The molecule has 7 heteroatoms. The van der Waals surface area contributed by atoms with Crippen molar-refractivity contribution in [1.82, 2.24) is 10.6 Å². The minimum absolute atomic E-state index is 0.0911. The molecule has 7 nitrogen and oxygen atoms in total. The molecule has 29 heavy (non-hydrogen) atoms. The van der Waals surface area contributed by atoms with E-state index in [1.807, 2.05) is 50.2 Å². The van der Waals surface area contributed by atoms with Crippen LogP contribution < -0.4 is 24.8 Å². The number of para-hydroxylation sites is 2. The van der Waals surface area contributed by atoms with E-state index in [2.05, 4.69) is 10.6 Å². The molecule has 0 aliphatic carbocycles. The number of benzene rings is 2. The van der Waals surface area contributed by atoms with Crippen molar-refractivity contribution in [3.05, 3.63) is 54.1 Å².